The van der Waals surface area contributed by atoms with Gasteiger partial charge in [-0.2, -0.15) is 5.10 Å². The summed E-state index contributed by atoms with van der Waals surface area (Å²) in [5.74, 6) is -2.12. The largest absolute Gasteiger partial charge is 0.387 e. The number of hydrogen-bond donors (Lipinski definition) is 1. The first-order chi connectivity index (χ1) is 23.7. The molecular formula is C36H45ClF2N7O4+. The molecule has 14 heteroatoms. The summed E-state index contributed by atoms with van der Waals surface area (Å²) in [5, 5.41) is 14.8. The molecule has 0 aliphatic carbocycles. The van der Waals surface area contributed by atoms with Crippen molar-refractivity contribution in [3.8, 4) is 11.1 Å². The molecule has 2 fully saturated rings. The highest BCUT2D eigenvalue weighted by atomic mass is 35.5. The Labute approximate surface area is 296 Å². The summed E-state index contributed by atoms with van der Waals surface area (Å²) in [4.78, 5) is 34.0. The van der Waals surface area contributed by atoms with E-state index in [-0.39, 0.29) is 40.2 Å². The van der Waals surface area contributed by atoms with E-state index in [0.717, 1.165) is 0 Å². The number of ether oxygens (including phenoxy) is 1. The average Bonchev–Trinajstić information content (AvgIpc) is 3.70. The van der Waals surface area contributed by atoms with Crippen LogP contribution in [0.5, 0.6) is 0 Å². The second-order valence-electron chi connectivity index (χ2n) is 14.0. The van der Waals surface area contributed by atoms with Gasteiger partial charge in [-0.3, -0.25) is 14.3 Å². The fraction of sp³-hybridized carbons (Fsp3) is 0.472. The monoisotopic (exact) mass is 712 g/mol. The Morgan fingerprint density at radius 3 is 2.34 bits per heavy atom. The second-order valence-corrected chi connectivity index (χ2v) is 14.4. The van der Waals surface area contributed by atoms with Crippen molar-refractivity contribution in [2.24, 2.45) is 0 Å². The third-order valence-corrected chi connectivity index (χ3v) is 10.7. The zero-order valence-electron chi connectivity index (χ0n) is 29.4. The number of likely N-dealkylation sites (N-methyl/N-ethyl adjacent to an activating group) is 1. The molecule has 2 amide bonds. The number of aliphatic hydroxyl groups is 1. The molecule has 2 aromatic carbocycles. The van der Waals surface area contributed by atoms with Gasteiger partial charge in [0.1, 0.15) is 18.8 Å². The minimum Gasteiger partial charge on any atom is -0.387 e. The molecule has 3 aromatic rings. The number of carbonyl (C=O) groups excluding carboxylic acids is 2. The maximum atomic E-state index is 15.7. The van der Waals surface area contributed by atoms with E-state index < -0.39 is 17.7 Å². The maximum Gasteiger partial charge on any atom is 0.281 e. The third-order valence-electron chi connectivity index (χ3n) is 10.4. The number of halogens is 3. The number of methoxy groups -OCH3 is 1. The summed E-state index contributed by atoms with van der Waals surface area (Å²) in [6, 6.07) is 8.04. The van der Waals surface area contributed by atoms with Gasteiger partial charge in [-0.05, 0) is 38.1 Å². The Morgan fingerprint density at radius 1 is 1.04 bits per heavy atom. The molecule has 1 aromatic heterocycles. The van der Waals surface area contributed by atoms with Gasteiger partial charge >= 0.3 is 0 Å². The molecule has 0 spiro atoms. The first-order valence-corrected chi connectivity index (χ1v) is 17.2. The molecule has 11 nitrogen and oxygen atoms in total. The molecule has 2 saturated heterocycles. The Bertz CT molecular complexity index is 1820. The number of piperazine rings is 1. The van der Waals surface area contributed by atoms with Crippen LogP contribution in [0.3, 0.4) is 0 Å². The smallest absolute Gasteiger partial charge is 0.281 e. The summed E-state index contributed by atoms with van der Waals surface area (Å²) in [7, 11) is 7.32. The predicted octanol–water partition coefficient (Wildman–Crippen LogP) is 4.03. The second kappa shape index (κ2) is 13.9. The summed E-state index contributed by atoms with van der Waals surface area (Å²) in [5.41, 5.74) is 2.88. The van der Waals surface area contributed by atoms with Crippen molar-refractivity contribution in [3.05, 3.63) is 76.2 Å². The number of amides is 2. The minimum atomic E-state index is -0.955. The van der Waals surface area contributed by atoms with Crippen molar-refractivity contribution < 1.29 is 32.7 Å². The van der Waals surface area contributed by atoms with Gasteiger partial charge < -0.3 is 33.9 Å². The Kier molecular flexibility index (Phi) is 9.97. The molecule has 0 radical (unpaired) electrons. The van der Waals surface area contributed by atoms with Gasteiger partial charge in [0.25, 0.3) is 11.8 Å². The van der Waals surface area contributed by atoms with Crippen molar-refractivity contribution in [1.29, 1.82) is 0 Å². The van der Waals surface area contributed by atoms with Crippen LogP contribution in [0.15, 0.2) is 42.7 Å². The lowest BCUT2D eigenvalue weighted by Gasteiger charge is -2.38. The van der Waals surface area contributed by atoms with Gasteiger partial charge in [-0.15, -0.1) is 0 Å². The van der Waals surface area contributed by atoms with Gasteiger partial charge in [0, 0.05) is 81.5 Å². The number of aromatic nitrogens is 2. The number of hydrogen-bond acceptors (Lipinski definition) is 7. The highest BCUT2D eigenvalue weighted by molar-refractivity contribution is 6.34. The fourth-order valence-corrected chi connectivity index (χ4v) is 7.60. The third kappa shape index (κ3) is 6.59. The van der Waals surface area contributed by atoms with Crippen molar-refractivity contribution in [2.75, 3.05) is 72.5 Å². The maximum absolute atomic E-state index is 15.7. The summed E-state index contributed by atoms with van der Waals surface area (Å²) in [6.07, 6.45) is 3.13. The first-order valence-electron chi connectivity index (χ1n) is 16.8. The van der Waals surface area contributed by atoms with E-state index in [1.807, 2.05) is 37.9 Å². The van der Waals surface area contributed by atoms with Crippen LogP contribution < -0.4 is 4.90 Å². The number of nitrogens with zero attached hydrogens (tertiary/aromatic N) is 7. The lowest BCUT2D eigenvalue weighted by Crippen LogP contribution is -2.58. The first kappa shape index (κ1) is 35.8. The normalized spacial score (nSPS) is 22.0. The Morgan fingerprint density at radius 2 is 1.70 bits per heavy atom. The minimum absolute atomic E-state index is 0.0116. The molecule has 0 saturated carbocycles. The van der Waals surface area contributed by atoms with E-state index in [2.05, 4.69) is 5.10 Å². The van der Waals surface area contributed by atoms with Crippen molar-refractivity contribution in [3.63, 3.8) is 0 Å². The van der Waals surface area contributed by atoms with Crippen LogP contribution in [0.2, 0.25) is 5.02 Å². The Balaban J connectivity index is 1.16. The van der Waals surface area contributed by atoms with Crippen LogP contribution in [0, 0.1) is 18.6 Å². The van der Waals surface area contributed by atoms with Gasteiger partial charge in [-0.25, -0.2) is 8.78 Å². The summed E-state index contributed by atoms with van der Waals surface area (Å²) < 4.78 is 38.6. The van der Waals surface area contributed by atoms with Crippen LogP contribution >= 0.6 is 11.6 Å². The van der Waals surface area contributed by atoms with E-state index in [1.54, 1.807) is 71.2 Å². The van der Waals surface area contributed by atoms with E-state index in [1.165, 1.54) is 0 Å². The lowest BCUT2D eigenvalue weighted by atomic mass is 10.0. The van der Waals surface area contributed by atoms with Crippen LogP contribution in [0.1, 0.15) is 35.0 Å². The van der Waals surface area contributed by atoms with E-state index >= 15 is 8.78 Å². The molecule has 3 aliphatic heterocycles. The Hall–Kier alpha value is -4.04. The number of anilines is 1. The van der Waals surface area contributed by atoms with E-state index in [4.69, 9.17) is 16.3 Å². The molecule has 268 valence electrons. The summed E-state index contributed by atoms with van der Waals surface area (Å²) >= 11 is 6.71. The van der Waals surface area contributed by atoms with Gasteiger partial charge in [-0.1, -0.05) is 17.7 Å². The molecule has 1 N–H and O–H groups in total. The zero-order valence-corrected chi connectivity index (χ0v) is 30.1. The van der Waals surface area contributed by atoms with Crippen LogP contribution in [-0.2, 0) is 16.1 Å². The van der Waals surface area contributed by atoms with Gasteiger partial charge in [0.2, 0.25) is 0 Å². The zero-order chi connectivity index (χ0) is 36.1. The molecule has 50 heavy (non-hydrogen) atoms. The quantitative estimate of drug-likeness (QED) is 0.353. The molecule has 1 unspecified atom stereocenters. The number of quaternary nitrogens is 1. The highest BCUT2D eigenvalue weighted by Gasteiger charge is 2.46. The molecule has 6 rings (SSSR count). The molecule has 3 atom stereocenters. The van der Waals surface area contributed by atoms with Gasteiger partial charge in [0.05, 0.1) is 49.2 Å². The topological polar surface area (TPSA) is 94.4 Å². The lowest BCUT2D eigenvalue weighted by molar-refractivity contribution is -0.894. The van der Waals surface area contributed by atoms with Gasteiger partial charge in [0.15, 0.2) is 17.7 Å². The number of benzene rings is 2. The van der Waals surface area contributed by atoms with E-state index in [0.29, 0.717) is 85.0 Å². The van der Waals surface area contributed by atoms with Crippen LogP contribution in [0.25, 0.3) is 16.8 Å². The van der Waals surface area contributed by atoms with Crippen molar-refractivity contribution in [1.82, 2.24) is 24.5 Å². The molecule has 0 bridgehead atoms. The summed E-state index contributed by atoms with van der Waals surface area (Å²) in [6.45, 7) is 6.75. The van der Waals surface area contributed by atoms with Crippen LogP contribution in [-0.4, -0.2) is 132 Å². The van der Waals surface area contributed by atoms with Crippen LogP contribution in [0.4, 0.5) is 14.5 Å². The van der Waals surface area contributed by atoms with E-state index in [9.17, 15) is 14.7 Å². The number of aryl methyl sites for hydroxylation is 1. The molecular weight excluding hydrogens is 668 g/mol. The molecule has 3 aliphatic rings. The molecule has 4 heterocycles. The SMILES string of the molecule is COCCn1cc(-c2ccc(C3=CN(c4ccc(C(=O)N5CCN(C(=O)[C@@H]6C[C@@H](O)C[N+]6(C)C)CC5)c(Cl)c4)C(C)N3C)c(F)c2F)c(C)n1. The number of rotatable bonds is 8. The number of likely N-dealkylation sites (tertiary alicyclic amines) is 1. The predicted molar refractivity (Wildman–Crippen MR) is 187 cm³/mol. The standard InChI is InChI=1S/C36H45ClF2N7O4/c1-22-29(19-44(40-22)15-16-50-6)26-9-10-28(34(39)33(26)38)31-20-45(23(2)41(31)3)24-7-8-27(30(37)17-24)35(48)42-11-13-43(14-12-42)36(49)32-18-25(47)21-46(32,4)5/h7-10,17,19-20,23,25,32,47H,11-16,18,21H2,1-6H3/q+1/t23?,25-,32+/m1/s1. The van der Waals surface area contributed by atoms with Crippen molar-refractivity contribution in [2.45, 2.75) is 45.1 Å². The highest BCUT2D eigenvalue weighted by Crippen LogP contribution is 2.38. The fourth-order valence-electron chi connectivity index (χ4n) is 7.34. The average molecular weight is 713 g/mol. The van der Waals surface area contributed by atoms with Crippen molar-refractivity contribution >= 4 is 34.8 Å². The number of aliphatic hydroxyl groups excluding tert-OH is 1. The number of carbonyl (C=O) groups is 2.